The molecule has 3 heteroatoms. The Kier molecular flexibility index (Phi) is 13.0. The van der Waals surface area contributed by atoms with E-state index in [9.17, 15) is 4.79 Å². The lowest BCUT2D eigenvalue weighted by Gasteiger charge is -1.96. The van der Waals surface area contributed by atoms with Crippen LogP contribution in [-0.4, -0.2) is 23.3 Å². The molecule has 0 amide bonds. The molecule has 0 aromatic carbocycles. The molecule has 0 saturated carbocycles. The number of ether oxygens (including phenoxy) is 1. The van der Waals surface area contributed by atoms with Crippen molar-refractivity contribution in [1.29, 1.82) is 0 Å². The molecule has 1 fully saturated rings. The first-order valence-corrected chi connectivity index (χ1v) is 10.1. The molecule has 2 atom stereocenters. The first-order valence-electron chi connectivity index (χ1n) is 10.1. The summed E-state index contributed by atoms with van der Waals surface area (Å²) >= 11 is 0. The summed E-state index contributed by atoms with van der Waals surface area (Å²) in [5, 5.41) is 8.58. The van der Waals surface area contributed by atoms with Crippen LogP contribution in [0.5, 0.6) is 0 Å². The first-order chi connectivity index (χ1) is 12.2. The Morgan fingerprint density at radius 1 is 0.880 bits per heavy atom. The number of unbranched alkanes of at least 4 members (excludes halogenated alkanes) is 5. The van der Waals surface area contributed by atoms with Crippen molar-refractivity contribution in [1.82, 2.24) is 0 Å². The highest BCUT2D eigenvalue weighted by Crippen LogP contribution is 2.30. The van der Waals surface area contributed by atoms with Crippen LogP contribution in [0, 0.1) is 0 Å². The second kappa shape index (κ2) is 14.9. The van der Waals surface area contributed by atoms with E-state index in [1.165, 1.54) is 25.7 Å². The van der Waals surface area contributed by atoms with Crippen molar-refractivity contribution in [3.05, 3.63) is 36.5 Å². The molecule has 1 N–H and O–H groups in total. The average Bonchev–Trinajstić information content (AvgIpc) is 3.33. The predicted octanol–water partition coefficient (Wildman–Crippen LogP) is 6.21. The second-order valence-corrected chi connectivity index (χ2v) is 6.82. The van der Waals surface area contributed by atoms with Crippen LogP contribution in [0.25, 0.3) is 0 Å². The zero-order valence-corrected chi connectivity index (χ0v) is 15.9. The molecule has 1 saturated heterocycles. The summed E-state index contributed by atoms with van der Waals surface area (Å²) in [5.74, 6) is -0.692. The minimum atomic E-state index is -0.692. The van der Waals surface area contributed by atoms with Gasteiger partial charge >= 0.3 is 5.97 Å². The zero-order valence-electron chi connectivity index (χ0n) is 15.9. The first kappa shape index (κ1) is 21.7. The molecule has 1 aliphatic heterocycles. The van der Waals surface area contributed by atoms with E-state index in [1.54, 1.807) is 0 Å². The summed E-state index contributed by atoms with van der Waals surface area (Å²) in [7, 11) is 0. The van der Waals surface area contributed by atoms with Crippen LogP contribution in [0.3, 0.4) is 0 Å². The smallest absolute Gasteiger partial charge is 0.303 e. The van der Waals surface area contributed by atoms with E-state index in [1.807, 2.05) is 0 Å². The van der Waals surface area contributed by atoms with Gasteiger partial charge in [-0.25, -0.2) is 0 Å². The predicted molar refractivity (Wildman–Crippen MR) is 105 cm³/mol. The molecule has 0 radical (unpaired) electrons. The average molecular weight is 349 g/mol. The topological polar surface area (TPSA) is 49.8 Å². The maximum absolute atomic E-state index is 10.4. The number of hydrogen-bond donors (Lipinski definition) is 1. The molecule has 0 aliphatic carbocycles. The van der Waals surface area contributed by atoms with Gasteiger partial charge in [-0.05, 0) is 44.9 Å². The van der Waals surface area contributed by atoms with Gasteiger partial charge < -0.3 is 9.84 Å². The third-order valence-electron chi connectivity index (χ3n) is 4.45. The SMILES string of the molecule is CCCCC/C=C\C/C=C\C/C=C\CC1OC1CCCCCC(=O)O. The third kappa shape index (κ3) is 13.6. The van der Waals surface area contributed by atoms with E-state index in [0.29, 0.717) is 18.6 Å². The molecular formula is C22H36O3. The van der Waals surface area contributed by atoms with Crippen molar-refractivity contribution in [2.75, 3.05) is 0 Å². The highest BCUT2D eigenvalue weighted by Gasteiger charge is 2.36. The van der Waals surface area contributed by atoms with Crippen molar-refractivity contribution in [2.24, 2.45) is 0 Å². The fraction of sp³-hybridized carbons (Fsp3) is 0.682. The van der Waals surface area contributed by atoms with Gasteiger partial charge in [0.1, 0.15) is 0 Å². The van der Waals surface area contributed by atoms with E-state index in [2.05, 4.69) is 43.4 Å². The van der Waals surface area contributed by atoms with Gasteiger partial charge in [0.25, 0.3) is 0 Å². The number of carboxylic acid groups (broad SMARTS) is 1. The van der Waals surface area contributed by atoms with Crippen molar-refractivity contribution in [2.45, 2.75) is 96.2 Å². The molecule has 1 aliphatic rings. The van der Waals surface area contributed by atoms with Gasteiger partial charge in [-0.15, -0.1) is 0 Å². The van der Waals surface area contributed by atoms with Gasteiger partial charge in [-0.1, -0.05) is 69.1 Å². The Morgan fingerprint density at radius 3 is 2.32 bits per heavy atom. The van der Waals surface area contributed by atoms with Crippen LogP contribution in [0.4, 0.5) is 0 Å². The Labute approximate surface area is 153 Å². The van der Waals surface area contributed by atoms with Gasteiger partial charge in [0, 0.05) is 6.42 Å². The van der Waals surface area contributed by atoms with Gasteiger partial charge in [0.05, 0.1) is 12.2 Å². The fourth-order valence-corrected chi connectivity index (χ4v) is 2.84. The quantitative estimate of drug-likeness (QED) is 0.205. The Hall–Kier alpha value is -1.35. The molecule has 3 nitrogen and oxygen atoms in total. The van der Waals surface area contributed by atoms with E-state index >= 15 is 0 Å². The van der Waals surface area contributed by atoms with E-state index in [4.69, 9.17) is 9.84 Å². The summed E-state index contributed by atoms with van der Waals surface area (Å²) in [4.78, 5) is 10.4. The lowest BCUT2D eigenvalue weighted by atomic mass is 10.1. The van der Waals surface area contributed by atoms with E-state index < -0.39 is 5.97 Å². The number of allylic oxidation sites excluding steroid dienone is 5. The molecule has 0 aromatic rings. The fourth-order valence-electron chi connectivity index (χ4n) is 2.84. The van der Waals surface area contributed by atoms with Crippen LogP contribution in [0.1, 0.15) is 84.0 Å². The van der Waals surface area contributed by atoms with E-state index in [-0.39, 0.29) is 0 Å². The maximum Gasteiger partial charge on any atom is 0.303 e. The zero-order chi connectivity index (χ0) is 18.2. The summed E-state index contributed by atoms with van der Waals surface area (Å²) in [6, 6.07) is 0. The maximum atomic E-state index is 10.4. The molecule has 1 heterocycles. The summed E-state index contributed by atoms with van der Waals surface area (Å²) < 4.78 is 5.65. The second-order valence-electron chi connectivity index (χ2n) is 6.82. The standard InChI is InChI=1S/C22H36O3/c1-2-3-4-5-6-7-8-9-10-11-12-14-17-20-21(25-20)18-15-13-16-19-22(23)24/h6-7,9-10,12,14,20-21H,2-5,8,11,13,15-19H2,1H3,(H,23,24)/b7-6-,10-9-,14-12-. The minimum Gasteiger partial charge on any atom is -0.481 e. The largest absolute Gasteiger partial charge is 0.481 e. The molecule has 142 valence electrons. The Morgan fingerprint density at radius 2 is 1.60 bits per heavy atom. The van der Waals surface area contributed by atoms with Crippen LogP contribution >= 0.6 is 0 Å². The van der Waals surface area contributed by atoms with Gasteiger partial charge in [0.15, 0.2) is 0 Å². The third-order valence-corrected chi connectivity index (χ3v) is 4.45. The summed E-state index contributed by atoms with van der Waals surface area (Å²) in [6.07, 6.45) is 26.6. The molecule has 1 rings (SSSR count). The number of epoxide rings is 1. The number of carboxylic acids is 1. The van der Waals surface area contributed by atoms with Crippen molar-refractivity contribution >= 4 is 5.97 Å². The molecule has 0 bridgehead atoms. The van der Waals surface area contributed by atoms with Gasteiger partial charge in [0.2, 0.25) is 0 Å². The number of hydrogen-bond acceptors (Lipinski definition) is 2. The Bertz CT molecular complexity index is 423. The van der Waals surface area contributed by atoms with Crippen LogP contribution < -0.4 is 0 Å². The molecular weight excluding hydrogens is 312 g/mol. The Balaban J connectivity index is 1.89. The number of carbonyl (C=O) groups is 1. The highest BCUT2D eigenvalue weighted by atomic mass is 16.6. The van der Waals surface area contributed by atoms with Gasteiger partial charge in [-0.2, -0.15) is 0 Å². The van der Waals surface area contributed by atoms with Crippen LogP contribution in [0.2, 0.25) is 0 Å². The van der Waals surface area contributed by atoms with Crippen molar-refractivity contribution in [3.63, 3.8) is 0 Å². The molecule has 0 spiro atoms. The lowest BCUT2D eigenvalue weighted by molar-refractivity contribution is -0.137. The molecule has 25 heavy (non-hydrogen) atoms. The number of aliphatic carboxylic acids is 1. The summed E-state index contributed by atoms with van der Waals surface area (Å²) in [5.41, 5.74) is 0. The van der Waals surface area contributed by atoms with Gasteiger partial charge in [-0.3, -0.25) is 4.79 Å². The van der Waals surface area contributed by atoms with Crippen molar-refractivity contribution in [3.8, 4) is 0 Å². The van der Waals surface area contributed by atoms with Crippen molar-refractivity contribution < 1.29 is 14.6 Å². The normalized spacial score (nSPS) is 20.2. The lowest BCUT2D eigenvalue weighted by Crippen LogP contribution is -1.95. The summed E-state index contributed by atoms with van der Waals surface area (Å²) in [6.45, 7) is 2.24. The monoisotopic (exact) mass is 348 g/mol. The van der Waals surface area contributed by atoms with Crippen LogP contribution in [0.15, 0.2) is 36.5 Å². The highest BCUT2D eigenvalue weighted by molar-refractivity contribution is 5.66. The van der Waals surface area contributed by atoms with Crippen LogP contribution in [-0.2, 0) is 9.53 Å². The van der Waals surface area contributed by atoms with E-state index in [0.717, 1.165) is 44.9 Å². The molecule has 0 aromatic heterocycles. The number of rotatable bonds is 16. The molecule has 2 unspecified atom stereocenters. The minimum absolute atomic E-state index is 0.292.